The molecule has 6 heteroatoms. The van der Waals surface area contributed by atoms with E-state index in [0.717, 1.165) is 33.6 Å². The molecule has 4 aromatic rings. The average Bonchev–Trinajstić information content (AvgIpc) is 2.85. The Morgan fingerprint density at radius 2 is 1.15 bits per heavy atom. The normalized spacial score (nSPS) is 12.0. The van der Waals surface area contributed by atoms with Gasteiger partial charge in [0.2, 0.25) is 0 Å². The molecule has 2 aromatic carbocycles. The minimum absolute atomic E-state index is 0. The van der Waals surface area contributed by atoms with E-state index in [2.05, 4.69) is 22.1 Å². The molecule has 4 rings (SSSR count). The third kappa shape index (κ3) is 8.28. The zero-order valence-electron chi connectivity index (χ0n) is 18.2. The quantitative estimate of drug-likeness (QED) is 0.283. The number of nitrogens with zero attached hydrogens (tertiary/aromatic N) is 2. The number of pyridine rings is 2. The second-order valence-electron chi connectivity index (χ2n) is 7.31. The Morgan fingerprint density at radius 1 is 0.697 bits per heavy atom. The van der Waals surface area contributed by atoms with Crippen LogP contribution in [0.15, 0.2) is 85.2 Å². The molecule has 0 aliphatic heterocycles. The summed E-state index contributed by atoms with van der Waals surface area (Å²) in [6.45, 7) is 1.30. The van der Waals surface area contributed by atoms with Gasteiger partial charge in [0.1, 0.15) is 0 Å². The number of aromatic nitrogens is 2. The number of rotatable bonds is 6. The van der Waals surface area contributed by atoms with Crippen molar-refractivity contribution in [2.24, 2.45) is 0 Å². The molecule has 0 bridgehead atoms. The van der Waals surface area contributed by atoms with Gasteiger partial charge in [-0.15, -0.1) is 35.4 Å². The van der Waals surface area contributed by atoms with Crippen molar-refractivity contribution in [2.45, 2.75) is 25.6 Å². The third-order valence-electron chi connectivity index (χ3n) is 4.59. The Hall–Kier alpha value is -2.73. The van der Waals surface area contributed by atoms with Gasteiger partial charge in [0.05, 0.1) is 18.8 Å². The standard InChI is InChI=1S/C22H14N2.C5H12O3.Ir/c1-3-13-23-21(11-1)19-9-5-7-17(15-19)18-8-6-10-20(16-18)22-12-2-4-14-24-22;1-4(7)2-5(8)3-6;/h1-14H;4-8H,2-3H2,1H3;/q-2;;. The van der Waals surface area contributed by atoms with E-state index in [0.29, 0.717) is 0 Å². The molecule has 5 nitrogen and oxygen atoms in total. The number of hydrogen-bond acceptors (Lipinski definition) is 5. The van der Waals surface area contributed by atoms with Gasteiger partial charge in [0.15, 0.2) is 0 Å². The van der Waals surface area contributed by atoms with Gasteiger partial charge in [-0.2, -0.15) is 35.4 Å². The summed E-state index contributed by atoms with van der Waals surface area (Å²) >= 11 is 0. The van der Waals surface area contributed by atoms with Gasteiger partial charge in [-0.05, 0) is 19.1 Å². The Balaban J connectivity index is 0.000000372. The van der Waals surface area contributed by atoms with Crippen LogP contribution in [0.1, 0.15) is 13.3 Å². The monoisotopic (exact) mass is 619 g/mol. The van der Waals surface area contributed by atoms with Crippen LogP contribution in [0.25, 0.3) is 33.6 Å². The average molecular weight is 619 g/mol. The maximum absolute atomic E-state index is 8.62. The molecule has 1 radical (unpaired) electrons. The summed E-state index contributed by atoms with van der Waals surface area (Å²) < 4.78 is 0. The van der Waals surface area contributed by atoms with Gasteiger partial charge < -0.3 is 15.3 Å². The van der Waals surface area contributed by atoms with Gasteiger partial charge in [-0.3, -0.25) is 9.97 Å². The van der Waals surface area contributed by atoms with E-state index in [1.807, 2.05) is 72.8 Å². The van der Waals surface area contributed by atoms with Crippen LogP contribution in [-0.4, -0.2) is 44.1 Å². The number of aliphatic hydroxyl groups is 3. The fraction of sp³-hybridized carbons (Fsp3) is 0.185. The van der Waals surface area contributed by atoms with Crippen LogP contribution in [-0.2, 0) is 20.1 Å². The minimum Gasteiger partial charge on any atom is -0.394 e. The van der Waals surface area contributed by atoms with Crippen LogP contribution in [0.5, 0.6) is 0 Å². The molecular formula is C27H26IrN2O3-2. The summed E-state index contributed by atoms with van der Waals surface area (Å²) in [5, 5.41) is 25.4. The van der Waals surface area contributed by atoms with Crippen molar-refractivity contribution in [1.29, 1.82) is 0 Å². The molecule has 0 amide bonds. The van der Waals surface area contributed by atoms with E-state index in [1.54, 1.807) is 19.3 Å². The Morgan fingerprint density at radius 3 is 1.48 bits per heavy atom. The summed E-state index contributed by atoms with van der Waals surface area (Å²) in [7, 11) is 0. The first-order valence-electron chi connectivity index (χ1n) is 10.4. The molecule has 2 heterocycles. The predicted octanol–water partition coefficient (Wildman–Crippen LogP) is 4.19. The Labute approximate surface area is 208 Å². The molecule has 0 saturated carbocycles. The van der Waals surface area contributed by atoms with Crippen molar-refractivity contribution in [1.82, 2.24) is 9.97 Å². The zero-order valence-corrected chi connectivity index (χ0v) is 20.6. The van der Waals surface area contributed by atoms with Gasteiger partial charge >= 0.3 is 0 Å². The molecule has 2 aromatic heterocycles. The van der Waals surface area contributed by atoms with E-state index in [-0.39, 0.29) is 33.1 Å². The maximum atomic E-state index is 8.62. The van der Waals surface area contributed by atoms with Crippen molar-refractivity contribution in [2.75, 3.05) is 6.61 Å². The first kappa shape index (κ1) is 26.5. The fourth-order valence-corrected chi connectivity index (χ4v) is 3.06. The predicted molar refractivity (Wildman–Crippen MR) is 125 cm³/mol. The van der Waals surface area contributed by atoms with Gasteiger partial charge in [-0.1, -0.05) is 24.3 Å². The molecule has 173 valence electrons. The first-order valence-corrected chi connectivity index (χ1v) is 10.4. The number of hydrogen-bond donors (Lipinski definition) is 3. The van der Waals surface area contributed by atoms with Gasteiger partial charge in [-0.25, -0.2) is 0 Å². The summed E-state index contributed by atoms with van der Waals surface area (Å²) in [6.07, 6.45) is 2.54. The topological polar surface area (TPSA) is 86.5 Å². The maximum Gasteiger partial charge on any atom is 0.0795 e. The molecule has 33 heavy (non-hydrogen) atoms. The van der Waals surface area contributed by atoms with Crippen LogP contribution >= 0.6 is 0 Å². The van der Waals surface area contributed by atoms with Crippen molar-refractivity contribution >= 4 is 0 Å². The molecule has 2 atom stereocenters. The van der Waals surface area contributed by atoms with Crippen molar-refractivity contribution < 1.29 is 35.4 Å². The molecule has 0 saturated heterocycles. The molecule has 0 spiro atoms. The van der Waals surface area contributed by atoms with Crippen LogP contribution in [0.3, 0.4) is 0 Å². The second kappa shape index (κ2) is 13.7. The Kier molecular flexibility index (Phi) is 11.0. The summed E-state index contributed by atoms with van der Waals surface area (Å²) in [5.41, 5.74) is 5.78. The number of aliphatic hydroxyl groups excluding tert-OH is 3. The molecule has 0 aliphatic rings. The second-order valence-corrected chi connectivity index (χ2v) is 7.31. The van der Waals surface area contributed by atoms with E-state index in [9.17, 15) is 0 Å². The van der Waals surface area contributed by atoms with Crippen LogP contribution < -0.4 is 0 Å². The smallest absolute Gasteiger partial charge is 0.0795 e. The number of benzene rings is 2. The SMILES string of the molecule is CC(O)CC(O)CO.[Ir].[c-]1c(-c2[c-]c(-c3ccccn3)ccc2)cccc1-c1ccccn1. The molecule has 0 aliphatic carbocycles. The third-order valence-corrected chi connectivity index (χ3v) is 4.59. The molecular weight excluding hydrogens is 593 g/mol. The van der Waals surface area contributed by atoms with Gasteiger partial charge in [0.25, 0.3) is 0 Å². The van der Waals surface area contributed by atoms with Crippen molar-refractivity contribution in [3.63, 3.8) is 0 Å². The van der Waals surface area contributed by atoms with Crippen molar-refractivity contribution in [3.8, 4) is 33.6 Å². The zero-order chi connectivity index (χ0) is 22.8. The summed E-state index contributed by atoms with van der Waals surface area (Å²) in [6, 6.07) is 30.8. The van der Waals surface area contributed by atoms with E-state index in [4.69, 9.17) is 15.3 Å². The molecule has 0 fully saturated rings. The minimum atomic E-state index is -0.769. The first-order chi connectivity index (χ1) is 15.6. The molecule has 2 unspecified atom stereocenters. The van der Waals surface area contributed by atoms with E-state index in [1.165, 1.54) is 0 Å². The van der Waals surface area contributed by atoms with Crippen LogP contribution in [0.4, 0.5) is 0 Å². The largest absolute Gasteiger partial charge is 0.394 e. The summed E-state index contributed by atoms with van der Waals surface area (Å²) in [5.74, 6) is 0. The fourth-order valence-electron chi connectivity index (χ4n) is 3.06. The Bertz CT molecular complexity index is 1010. The van der Waals surface area contributed by atoms with E-state index >= 15 is 0 Å². The van der Waals surface area contributed by atoms with Crippen LogP contribution in [0.2, 0.25) is 0 Å². The van der Waals surface area contributed by atoms with Crippen LogP contribution in [0, 0.1) is 12.1 Å². The van der Waals surface area contributed by atoms with E-state index < -0.39 is 12.2 Å². The summed E-state index contributed by atoms with van der Waals surface area (Å²) in [4.78, 5) is 8.79. The van der Waals surface area contributed by atoms with Crippen molar-refractivity contribution in [3.05, 3.63) is 97.3 Å². The van der Waals surface area contributed by atoms with Gasteiger partial charge in [0, 0.05) is 50.3 Å². The molecule has 3 N–H and O–H groups in total.